The van der Waals surface area contributed by atoms with Gasteiger partial charge in [0.15, 0.2) is 9.84 Å². The standard InChI is InChI=1S/C19H36N2O4S.ClH/c1-15(2)17(26(23,24)16-7-5-4-6-8-16)18(22)21-13-19(14-25-3)9-11-20-12-10-19;/h15-17,20H,4-14H2,1-3H3,(H,21,22);1H. The molecule has 0 radical (unpaired) electrons. The second kappa shape index (κ2) is 11.0. The van der Waals surface area contributed by atoms with Crippen LogP contribution in [0.2, 0.25) is 0 Å². The number of methoxy groups -OCH3 is 1. The number of carbonyl (C=O) groups is 1. The smallest absolute Gasteiger partial charge is 0.238 e. The lowest BCUT2D eigenvalue weighted by atomic mass is 9.79. The van der Waals surface area contributed by atoms with Gasteiger partial charge in [0.25, 0.3) is 0 Å². The van der Waals surface area contributed by atoms with E-state index >= 15 is 0 Å². The fourth-order valence-corrected chi connectivity index (χ4v) is 6.99. The summed E-state index contributed by atoms with van der Waals surface area (Å²) in [6.07, 6.45) is 6.21. The molecular weight excluding hydrogens is 388 g/mol. The van der Waals surface area contributed by atoms with Crippen molar-refractivity contribution in [3.63, 3.8) is 0 Å². The summed E-state index contributed by atoms with van der Waals surface area (Å²) in [5, 5.41) is 5.00. The van der Waals surface area contributed by atoms with Gasteiger partial charge >= 0.3 is 0 Å². The van der Waals surface area contributed by atoms with E-state index in [0.29, 0.717) is 26.0 Å². The fraction of sp³-hybridized carbons (Fsp3) is 0.947. The van der Waals surface area contributed by atoms with Gasteiger partial charge in [-0.05, 0) is 44.7 Å². The molecule has 2 N–H and O–H groups in total. The van der Waals surface area contributed by atoms with Gasteiger partial charge in [-0.3, -0.25) is 4.79 Å². The molecule has 1 aliphatic heterocycles. The zero-order chi connectivity index (χ0) is 19.2. The third-order valence-electron chi connectivity index (χ3n) is 5.99. The predicted molar refractivity (Wildman–Crippen MR) is 111 cm³/mol. The Morgan fingerprint density at radius 2 is 1.78 bits per heavy atom. The normalized spacial score (nSPS) is 22.1. The molecule has 1 unspecified atom stereocenters. The zero-order valence-corrected chi connectivity index (χ0v) is 18.6. The number of halogens is 1. The van der Waals surface area contributed by atoms with E-state index in [2.05, 4.69) is 10.6 Å². The molecule has 6 nitrogen and oxygen atoms in total. The molecule has 8 heteroatoms. The first-order valence-corrected chi connectivity index (χ1v) is 11.6. The minimum absolute atomic E-state index is 0. The highest BCUT2D eigenvalue weighted by atomic mass is 35.5. The summed E-state index contributed by atoms with van der Waals surface area (Å²) in [5.74, 6) is -0.562. The summed E-state index contributed by atoms with van der Waals surface area (Å²) in [6, 6.07) is 0. The number of sulfone groups is 1. The molecule has 2 rings (SSSR count). The van der Waals surface area contributed by atoms with Crippen LogP contribution in [0.3, 0.4) is 0 Å². The van der Waals surface area contributed by atoms with Gasteiger partial charge in [0.2, 0.25) is 5.91 Å². The number of rotatable bonds is 8. The van der Waals surface area contributed by atoms with Crippen molar-refractivity contribution in [3.05, 3.63) is 0 Å². The Morgan fingerprint density at radius 1 is 1.19 bits per heavy atom. The Labute approximate surface area is 170 Å². The Kier molecular flexibility index (Phi) is 10.0. The number of piperidine rings is 1. The predicted octanol–water partition coefficient (Wildman–Crippen LogP) is 2.31. The maximum atomic E-state index is 13.1. The minimum atomic E-state index is -3.46. The van der Waals surface area contributed by atoms with Crippen molar-refractivity contribution in [2.45, 2.75) is 69.3 Å². The summed E-state index contributed by atoms with van der Waals surface area (Å²) in [7, 11) is -1.79. The topological polar surface area (TPSA) is 84.5 Å². The van der Waals surface area contributed by atoms with Gasteiger partial charge in [0.05, 0.1) is 11.9 Å². The summed E-state index contributed by atoms with van der Waals surface area (Å²) < 4.78 is 31.6. The van der Waals surface area contributed by atoms with E-state index in [0.717, 1.165) is 45.2 Å². The van der Waals surface area contributed by atoms with Crippen LogP contribution in [0.1, 0.15) is 58.8 Å². The molecule has 0 spiro atoms. The average molecular weight is 425 g/mol. The van der Waals surface area contributed by atoms with E-state index in [1.807, 2.05) is 13.8 Å². The molecule has 0 aromatic heterocycles. The van der Waals surface area contributed by atoms with E-state index in [4.69, 9.17) is 4.74 Å². The number of nitrogens with one attached hydrogen (secondary N) is 2. The van der Waals surface area contributed by atoms with Crippen LogP contribution in [0.4, 0.5) is 0 Å². The van der Waals surface area contributed by atoms with E-state index in [1.54, 1.807) is 7.11 Å². The highest BCUT2D eigenvalue weighted by Gasteiger charge is 2.42. The van der Waals surface area contributed by atoms with Crippen molar-refractivity contribution in [2.24, 2.45) is 11.3 Å². The van der Waals surface area contributed by atoms with Crippen molar-refractivity contribution in [2.75, 3.05) is 33.4 Å². The lowest BCUT2D eigenvalue weighted by Crippen LogP contribution is -2.52. The molecule has 2 fully saturated rings. The van der Waals surface area contributed by atoms with Crippen molar-refractivity contribution in [3.8, 4) is 0 Å². The van der Waals surface area contributed by atoms with Crippen molar-refractivity contribution in [1.29, 1.82) is 0 Å². The molecule has 160 valence electrons. The molecule has 27 heavy (non-hydrogen) atoms. The van der Waals surface area contributed by atoms with E-state index in [1.165, 1.54) is 0 Å². The van der Waals surface area contributed by atoms with Crippen molar-refractivity contribution in [1.82, 2.24) is 10.6 Å². The molecule has 1 saturated carbocycles. The number of ether oxygens (including phenoxy) is 1. The zero-order valence-electron chi connectivity index (χ0n) is 17.0. The van der Waals surface area contributed by atoms with Crippen LogP contribution in [0.5, 0.6) is 0 Å². The Morgan fingerprint density at radius 3 is 2.30 bits per heavy atom. The van der Waals surface area contributed by atoms with Gasteiger partial charge in [-0.15, -0.1) is 12.4 Å². The second-order valence-electron chi connectivity index (χ2n) is 8.41. The quantitative estimate of drug-likeness (QED) is 0.624. The lowest BCUT2D eigenvalue weighted by molar-refractivity contribution is -0.122. The average Bonchev–Trinajstić information content (AvgIpc) is 2.61. The molecular formula is C19H37ClN2O4S. The largest absolute Gasteiger partial charge is 0.384 e. The van der Waals surface area contributed by atoms with E-state index in [-0.39, 0.29) is 34.9 Å². The number of amides is 1. The van der Waals surface area contributed by atoms with Crippen LogP contribution >= 0.6 is 12.4 Å². The van der Waals surface area contributed by atoms with Crippen LogP contribution in [-0.4, -0.2) is 58.2 Å². The minimum Gasteiger partial charge on any atom is -0.384 e. The SMILES string of the molecule is COCC1(CNC(=O)C(C(C)C)S(=O)(=O)C2CCCCC2)CCNCC1.Cl. The molecule has 0 bridgehead atoms. The van der Waals surface area contributed by atoms with Gasteiger partial charge in [0, 0.05) is 19.1 Å². The molecule has 1 atom stereocenters. The Hall–Kier alpha value is -0.370. The highest BCUT2D eigenvalue weighted by molar-refractivity contribution is 7.93. The van der Waals surface area contributed by atoms with Crippen LogP contribution in [0.25, 0.3) is 0 Å². The first kappa shape index (κ1) is 24.7. The molecule has 1 saturated heterocycles. The fourth-order valence-electron chi connectivity index (χ4n) is 4.44. The first-order chi connectivity index (χ1) is 12.3. The third kappa shape index (κ3) is 6.31. The Bertz CT molecular complexity index is 551. The van der Waals surface area contributed by atoms with Gasteiger partial charge in [-0.25, -0.2) is 8.42 Å². The molecule has 0 aromatic rings. The van der Waals surface area contributed by atoms with Crippen molar-refractivity contribution < 1.29 is 17.9 Å². The molecule has 1 amide bonds. The van der Waals surface area contributed by atoms with Crippen LogP contribution < -0.4 is 10.6 Å². The van der Waals surface area contributed by atoms with E-state index in [9.17, 15) is 13.2 Å². The summed E-state index contributed by atoms with van der Waals surface area (Å²) >= 11 is 0. The Balaban J connectivity index is 0.00000364. The second-order valence-corrected chi connectivity index (χ2v) is 10.8. The monoisotopic (exact) mass is 424 g/mol. The summed E-state index contributed by atoms with van der Waals surface area (Å²) in [6.45, 7) is 6.52. The van der Waals surface area contributed by atoms with Crippen LogP contribution in [0, 0.1) is 11.3 Å². The molecule has 2 aliphatic rings. The third-order valence-corrected chi connectivity index (χ3v) is 8.85. The first-order valence-electron chi connectivity index (χ1n) is 10.0. The van der Waals surface area contributed by atoms with Crippen molar-refractivity contribution >= 4 is 28.2 Å². The molecule has 0 aromatic carbocycles. The van der Waals surface area contributed by atoms with Gasteiger partial charge < -0.3 is 15.4 Å². The molecule has 1 heterocycles. The number of hydrogen-bond donors (Lipinski definition) is 2. The van der Waals surface area contributed by atoms with Gasteiger partial charge in [-0.1, -0.05) is 33.1 Å². The van der Waals surface area contributed by atoms with Gasteiger partial charge in [-0.2, -0.15) is 0 Å². The molecule has 1 aliphatic carbocycles. The van der Waals surface area contributed by atoms with Crippen LogP contribution in [-0.2, 0) is 19.4 Å². The lowest BCUT2D eigenvalue weighted by Gasteiger charge is -2.38. The summed E-state index contributed by atoms with van der Waals surface area (Å²) in [4.78, 5) is 12.9. The number of carbonyl (C=O) groups excluding carboxylic acids is 1. The summed E-state index contributed by atoms with van der Waals surface area (Å²) in [5.41, 5.74) is -0.105. The van der Waals surface area contributed by atoms with Crippen LogP contribution in [0.15, 0.2) is 0 Å². The highest BCUT2D eigenvalue weighted by Crippen LogP contribution is 2.31. The number of hydrogen-bond acceptors (Lipinski definition) is 5. The van der Waals surface area contributed by atoms with Gasteiger partial charge in [0.1, 0.15) is 5.25 Å². The van der Waals surface area contributed by atoms with E-state index < -0.39 is 15.1 Å². The maximum absolute atomic E-state index is 13.1. The maximum Gasteiger partial charge on any atom is 0.238 e.